The van der Waals surface area contributed by atoms with Crippen molar-refractivity contribution in [2.45, 2.75) is 38.5 Å². The van der Waals surface area contributed by atoms with Crippen molar-refractivity contribution in [3.8, 4) is 0 Å². The zero-order valence-corrected chi connectivity index (χ0v) is 12.8. The van der Waals surface area contributed by atoms with Gasteiger partial charge in [-0.3, -0.25) is 9.59 Å². The van der Waals surface area contributed by atoms with Gasteiger partial charge in [0, 0.05) is 31.1 Å². The second-order valence-electron chi connectivity index (χ2n) is 6.10. The second kappa shape index (κ2) is 5.75. The molecule has 1 N–H and O–H groups in total. The van der Waals surface area contributed by atoms with Crippen molar-refractivity contribution in [2.24, 2.45) is 11.3 Å². The number of aryl methyl sites for hydroxylation is 1. The van der Waals surface area contributed by atoms with Crippen LogP contribution in [0.15, 0.2) is 11.6 Å². The molecule has 21 heavy (non-hydrogen) atoms. The number of hydrogen-bond donors (Lipinski definition) is 1. The number of aliphatic carboxylic acids is 1. The van der Waals surface area contributed by atoms with Gasteiger partial charge in [0.25, 0.3) is 0 Å². The molecule has 1 aromatic rings. The van der Waals surface area contributed by atoms with Gasteiger partial charge in [-0.1, -0.05) is 6.42 Å². The Kier molecular flexibility index (Phi) is 3.97. The number of rotatable bonds is 5. The maximum Gasteiger partial charge on any atom is 0.311 e. The van der Waals surface area contributed by atoms with E-state index in [9.17, 15) is 14.7 Å². The van der Waals surface area contributed by atoms with Crippen molar-refractivity contribution >= 4 is 23.2 Å². The van der Waals surface area contributed by atoms with E-state index in [1.165, 1.54) is 0 Å². The Labute approximate surface area is 128 Å². The first-order valence-electron chi connectivity index (χ1n) is 7.51. The summed E-state index contributed by atoms with van der Waals surface area (Å²) in [4.78, 5) is 29.9. The summed E-state index contributed by atoms with van der Waals surface area (Å²) in [6.07, 6.45) is 6.51. The van der Waals surface area contributed by atoms with Gasteiger partial charge in [0.15, 0.2) is 0 Å². The molecule has 1 aliphatic carbocycles. The van der Waals surface area contributed by atoms with Crippen LogP contribution in [0.3, 0.4) is 0 Å². The average Bonchev–Trinajstić information content (AvgIpc) is 3.13. The highest BCUT2D eigenvalue weighted by molar-refractivity contribution is 7.09. The molecule has 0 radical (unpaired) electrons. The molecule has 6 heteroatoms. The molecule has 0 spiro atoms. The summed E-state index contributed by atoms with van der Waals surface area (Å²) in [5.74, 6) is -0.470. The average molecular weight is 308 g/mol. The standard InChI is InChI=1S/C15H20N2O3S/c18-13(5-1-4-12-16-7-8-21-12)17-9-11-3-2-6-15(11,10-17)14(19)20/h7-8,11H,1-6,9-10H2,(H,19,20)/t11-,15+/m0/s1. The van der Waals surface area contributed by atoms with E-state index in [1.54, 1.807) is 22.4 Å². The first kappa shape index (κ1) is 14.5. The largest absolute Gasteiger partial charge is 0.481 e. The molecule has 2 heterocycles. The first-order chi connectivity index (χ1) is 10.1. The first-order valence-corrected chi connectivity index (χ1v) is 8.39. The molecule has 0 bridgehead atoms. The Balaban J connectivity index is 1.53. The fraction of sp³-hybridized carbons (Fsp3) is 0.667. The molecule has 0 unspecified atom stereocenters. The third kappa shape index (κ3) is 2.69. The van der Waals surface area contributed by atoms with Gasteiger partial charge in [0.2, 0.25) is 5.91 Å². The predicted molar refractivity (Wildman–Crippen MR) is 79.0 cm³/mol. The molecule has 1 aromatic heterocycles. The number of thiazole rings is 1. The number of hydrogen-bond acceptors (Lipinski definition) is 4. The lowest BCUT2D eigenvalue weighted by Gasteiger charge is -2.23. The van der Waals surface area contributed by atoms with Crippen LogP contribution in [0.4, 0.5) is 0 Å². The Hall–Kier alpha value is -1.43. The van der Waals surface area contributed by atoms with E-state index in [-0.39, 0.29) is 11.8 Å². The topological polar surface area (TPSA) is 70.5 Å². The summed E-state index contributed by atoms with van der Waals surface area (Å²) in [6, 6.07) is 0. The van der Waals surface area contributed by atoms with Crippen molar-refractivity contribution in [3.05, 3.63) is 16.6 Å². The molecule has 1 amide bonds. The van der Waals surface area contributed by atoms with Crippen LogP contribution in [0, 0.1) is 11.3 Å². The number of carboxylic acids is 1. The zero-order chi connectivity index (χ0) is 14.9. The monoisotopic (exact) mass is 308 g/mol. The van der Waals surface area contributed by atoms with Gasteiger partial charge in [-0.05, 0) is 31.6 Å². The minimum Gasteiger partial charge on any atom is -0.481 e. The fourth-order valence-corrected chi connectivity index (χ4v) is 4.42. The van der Waals surface area contributed by atoms with Crippen molar-refractivity contribution in [1.82, 2.24) is 9.88 Å². The van der Waals surface area contributed by atoms with Crippen molar-refractivity contribution in [1.29, 1.82) is 0 Å². The van der Waals surface area contributed by atoms with Crippen LogP contribution < -0.4 is 0 Å². The molecule has 1 saturated carbocycles. The Bertz CT molecular complexity index is 531. The number of nitrogens with zero attached hydrogens (tertiary/aromatic N) is 2. The Morgan fingerprint density at radius 3 is 3.05 bits per heavy atom. The summed E-state index contributed by atoms with van der Waals surface area (Å²) >= 11 is 1.61. The molecule has 2 atom stereocenters. The molecule has 3 rings (SSSR count). The SMILES string of the molecule is O=C(CCCc1nccs1)N1C[C@@H]2CCC[C@@]2(C(=O)O)C1. The quantitative estimate of drug-likeness (QED) is 0.905. The minimum absolute atomic E-state index is 0.0987. The van der Waals surface area contributed by atoms with Gasteiger partial charge in [0.1, 0.15) is 0 Å². The van der Waals surface area contributed by atoms with Crippen molar-refractivity contribution in [2.75, 3.05) is 13.1 Å². The second-order valence-corrected chi connectivity index (χ2v) is 7.08. The highest BCUT2D eigenvalue weighted by atomic mass is 32.1. The van der Waals surface area contributed by atoms with Crippen LogP contribution >= 0.6 is 11.3 Å². The number of fused-ring (bicyclic) bond motifs is 1. The number of aromatic nitrogens is 1. The molecule has 1 aliphatic heterocycles. The van der Waals surface area contributed by atoms with E-state index in [1.807, 2.05) is 5.38 Å². The molecule has 2 aliphatic rings. The van der Waals surface area contributed by atoms with Crippen LogP contribution in [-0.4, -0.2) is 40.0 Å². The minimum atomic E-state index is -0.719. The number of amides is 1. The normalized spacial score (nSPS) is 27.8. The lowest BCUT2D eigenvalue weighted by molar-refractivity contribution is -0.149. The fourth-order valence-electron chi connectivity index (χ4n) is 3.75. The molecular formula is C15H20N2O3S. The summed E-state index contributed by atoms with van der Waals surface area (Å²) in [5.41, 5.74) is -0.662. The lowest BCUT2D eigenvalue weighted by atomic mass is 9.81. The summed E-state index contributed by atoms with van der Waals surface area (Å²) in [6.45, 7) is 1.03. The van der Waals surface area contributed by atoms with Gasteiger partial charge in [0.05, 0.1) is 10.4 Å². The number of carbonyl (C=O) groups is 2. The smallest absolute Gasteiger partial charge is 0.311 e. The maximum atomic E-state index is 12.3. The lowest BCUT2D eigenvalue weighted by Crippen LogP contribution is -2.37. The van der Waals surface area contributed by atoms with Crippen molar-refractivity contribution < 1.29 is 14.7 Å². The van der Waals surface area contributed by atoms with E-state index >= 15 is 0 Å². The molecule has 1 saturated heterocycles. The van der Waals surface area contributed by atoms with E-state index in [4.69, 9.17) is 0 Å². The molecule has 2 fully saturated rings. The van der Waals surface area contributed by atoms with Crippen LogP contribution in [0.1, 0.15) is 37.1 Å². The maximum absolute atomic E-state index is 12.3. The van der Waals surface area contributed by atoms with Crippen LogP contribution in [0.2, 0.25) is 0 Å². The van der Waals surface area contributed by atoms with E-state index in [2.05, 4.69) is 4.98 Å². The van der Waals surface area contributed by atoms with Crippen LogP contribution in [0.25, 0.3) is 0 Å². The predicted octanol–water partition coefficient (Wildman–Crippen LogP) is 2.18. The summed E-state index contributed by atoms with van der Waals surface area (Å²) in [7, 11) is 0. The van der Waals surface area contributed by atoms with Gasteiger partial charge >= 0.3 is 5.97 Å². The van der Waals surface area contributed by atoms with Gasteiger partial charge in [-0.2, -0.15) is 0 Å². The summed E-state index contributed by atoms with van der Waals surface area (Å²) < 4.78 is 0. The molecule has 0 aromatic carbocycles. The highest BCUT2D eigenvalue weighted by Crippen LogP contribution is 2.48. The number of likely N-dealkylation sites (tertiary alicyclic amines) is 1. The van der Waals surface area contributed by atoms with E-state index < -0.39 is 11.4 Å². The molecule has 5 nitrogen and oxygen atoms in total. The molecular weight excluding hydrogens is 288 g/mol. The Morgan fingerprint density at radius 2 is 2.38 bits per heavy atom. The van der Waals surface area contributed by atoms with Gasteiger partial charge < -0.3 is 10.0 Å². The summed E-state index contributed by atoms with van der Waals surface area (Å²) in [5, 5.41) is 12.5. The number of carbonyl (C=O) groups excluding carboxylic acids is 1. The highest BCUT2D eigenvalue weighted by Gasteiger charge is 2.55. The zero-order valence-electron chi connectivity index (χ0n) is 12.0. The van der Waals surface area contributed by atoms with Crippen LogP contribution in [0.5, 0.6) is 0 Å². The number of carboxylic acid groups (broad SMARTS) is 1. The van der Waals surface area contributed by atoms with Crippen LogP contribution in [-0.2, 0) is 16.0 Å². The molecule has 114 valence electrons. The van der Waals surface area contributed by atoms with E-state index in [0.29, 0.717) is 19.5 Å². The third-order valence-electron chi connectivity index (χ3n) is 4.91. The third-order valence-corrected chi connectivity index (χ3v) is 5.75. The van der Waals surface area contributed by atoms with E-state index in [0.717, 1.165) is 37.1 Å². The van der Waals surface area contributed by atoms with Gasteiger partial charge in [-0.25, -0.2) is 4.98 Å². The Morgan fingerprint density at radius 1 is 1.52 bits per heavy atom. The van der Waals surface area contributed by atoms with Crippen molar-refractivity contribution in [3.63, 3.8) is 0 Å². The van der Waals surface area contributed by atoms with Gasteiger partial charge in [-0.15, -0.1) is 11.3 Å².